The minimum atomic E-state index is -0.981. The van der Waals surface area contributed by atoms with Crippen LogP contribution in [-0.4, -0.2) is 36.5 Å². The van der Waals surface area contributed by atoms with Crippen LogP contribution in [0.3, 0.4) is 0 Å². The third-order valence-corrected chi connectivity index (χ3v) is 3.98. The lowest BCUT2D eigenvalue weighted by Crippen LogP contribution is -2.51. The maximum Gasteiger partial charge on any atom is 0.312 e. The Morgan fingerprint density at radius 1 is 1.33 bits per heavy atom. The molecule has 2 N–H and O–H groups in total. The highest BCUT2D eigenvalue weighted by molar-refractivity contribution is 6.34. The Bertz CT molecular complexity index is 532. The molecule has 1 aliphatic rings. The Hall–Kier alpha value is -1.95. The van der Waals surface area contributed by atoms with E-state index in [2.05, 4.69) is 0 Å². The van der Waals surface area contributed by atoms with Gasteiger partial charge < -0.3 is 15.4 Å². The number of methoxy groups -OCH3 is 1. The van der Waals surface area contributed by atoms with Crippen molar-refractivity contribution < 1.29 is 18.7 Å². The van der Waals surface area contributed by atoms with Crippen molar-refractivity contribution in [2.45, 2.75) is 25.5 Å². The monoisotopic (exact) mass is 294 g/mol. The molecule has 1 unspecified atom stereocenters. The van der Waals surface area contributed by atoms with Crippen LogP contribution in [0.25, 0.3) is 0 Å². The number of primary amides is 1. The van der Waals surface area contributed by atoms with E-state index < -0.39 is 11.8 Å². The second-order valence-electron chi connectivity index (χ2n) is 5.38. The van der Waals surface area contributed by atoms with Gasteiger partial charge in [0.2, 0.25) is 0 Å². The molecule has 0 bridgehead atoms. The molecule has 0 radical (unpaired) electrons. The molecule has 0 saturated carbocycles. The summed E-state index contributed by atoms with van der Waals surface area (Å²) in [5.41, 5.74) is 5.89. The Balaban J connectivity index is 2.33. The van der Waals surface area contributed by atoms with Crippen LogP contribution in [0.5, 0.6) is 0 Å². The van der Waals surface area contributed by atoms with Gasteiger partial charge in [-0.05, 0) is 24.1 Å². The molecule has 1 fully saturated rings. The summed E-state index contributed by atoms with van der Waals surface area (Å²) in [7, 11) is 1.62. The summed E-state index contributed by atoms with van der Waals surface area (Å²) in [4.78, 5) is 24.7. The molecular weight excluding hydrogens is 275 g/mol. The van der Waals surface area contributed by atoms with Crippen molar-refractivity contribution in [3.05, 3.63) is 35.6 Å². The average molecular weight is 294 g/mol. The molecule has 0 aromatic heterocycles. The van der Waals surface area contributed by atoms with Gasteiger partial charge in [-0.2, -0.15) is 0 Å². The van der Waals surface area contributed by atoms with Crippen molar-refractivity contribution in [2.75, 3.05) is 13.7 Å². The first-order valence-electron chi connectivity index (χ1n) is 6.82. The lowest BCUT2D eigenvalue weighted by Gasteiger charge is -2.42. The van der Waals surface area contributed by atoms with Gasteiger partial charge in [-0.3, -0.25) is 9.59 Å². The van der Waals surface area contributed by atoms with Crippen LogP contribution in [0, 0.1) is 11.7 Å². The molecule has 3 atom stereocenters. The van der Waals surface area contributed by atoms with E-state index in [0.717, 1.165) is 5.56 Å². The second-order valence-corrected chi connectivity index (χ2v) is 5.38. The van der Waals surface area contributed by atoms with E-state index in [1.165, 1.54) is 17.0 Å². The molecule has 1 aromatic carbocycles. The summed E-state index contributed by atoms with van der Waals surface area (Å²) in [5, 5.41) is 0. The van der Waals surface area contributed by atoms with Crippen molar-refractivity contribution in [3.63, 3.8) is 0 Å². The highest BCUT2D eigenvalue weighted by atomic mass is 19.1. The number of likely N-dealkylation sites (tertiary alicyclic amines) is 1. The largest absolute Gasteiger partial charge is 0.381 e. The average Bonchev–Trinajstić information content (AvgIpc) is 2.47. The molecule has 0 spiro atoms. The summed E-state index contributed by atoms with van der Waals surface area (Å²) < 4.78 is 18.5. The molecule has 1 aliphatic heterocycles. The Morgan fingerprint density at radius 3 is 2.48 bits per heavy atom. The lowest BCUT2D eigenvalue weighted by atomic mass is 9.87. The van der Waals surface area contributed by atoms with Crippen LogP contribution in [0.4, 0.5) is 4.39 Å². The zero-order valence-corrected chi connectivity index (χ0v) is 12.1. The first-order chi connectivity index (χ1) is 9.93. The predicted octanol–water partition coefficient (Wildman–Crippen LogP) is 1.24. The Morgan fingerprint density at radius 2 is 1.95 bits per heavy atom. The summed E-state index contributed by atoms with van der Waals surface area (Å²) in [6.07, 6.45) is 0.513. The maximum absolute atomic E-state index is 13.1. The number of carbonyl (C=O) groups excluding carboxylic acids is 2. The van der Waals surface area contributed by atoms with Crippen LogP contribution in [0.1, 0.15) is 24.9 Å². The third kappa shape index (κ3) is 3.21. The van der Waals surface area contributed by atoms with Crippen molar-refractivity contribution >= 4 is 11.8 Å². The predicted molar refractivity (Wildman–Crippen MR) is 74.6 cm³/mol. The molecule has 6 heteroatoms. The van der Waals surface area contributed by atoms with Crippen molar-refractivity contribution in [3.8, 4) is 0 Å². The van der Waals surface area contributed by atoms with E-state index in [4.69, 9.17) is 10.5 Å². The quantitative estimate of drug-likeness (QED) is 0.834. The van der Waals surface area contributed by atoms with E-state index in [9.17, 15) is 14.0 Å². The molecule has 0 aliphatic carbocycles. The summed E-state index contributed by atoms with van der Waals surface area (Å²) in [6, 6.07) is 5.56. The zero-order valence-electron chi connectivity index (χ0n) is 12.1. The molecule has 21 heavy (non-hydrogen) atoms. The molecule has 1 aromatic rings. The second kappa shape index (κ2) is 6.22. The molecule has 114 valence electrons. The summed E-state index contributed by atoms with van der Waals surface area (Å²) in [6.45, 7) is 2.33. The standard InChI is InChI=1S/C15H19FN2O3/c1-9-8-18(15(20)14(17)19)12(7-13(9)21-2)10-3-5-11(16)6-4-10/h3-6,9,12-13H,7-8H2,1-2H3,(H2,17,19)/t9-,12-,13?/m1/s1. The molecule has 1 saturated heterocycles. The fraction of sp³-hybridized carbons (Fsp3) is 0.467. The minimum Gasteiger partial charge on any atom is -0.381 e. The fourth-order valence-corrected chi connectivity index (χ4v) is 2.83. The van der Waals surface area contributed by atoms with Gasteiger partial charge in [-0.1, -0.05) is 19.1 Å². The molecular formula is C15H19FN2O3. The Kier molecular flexibility index (Phi) is 4.57. The number of piperidine rings is 1. The first kappa shape index (κ1) is 15.4. The SMILES string of the molecule is COC1C[C@H](c2ccc(F)cc2)N(C(=O)C(N)=O)C[C@H]1C. The van der Waals surface area contributed by atoms with E-state index in [-0.39, 0.29) is 23.9 Å². The minimum absolute atomic E-state index is 0.0306. The number of ether oxygens (including phenoxy) is 1. The van der Waals surface area contributed by atoms with Gasteiger partial charge in [0, 0.05) is 19.6 Å². The van der Waals surface area contributed by atoms with E-state index in [1.807, 2.05) is 6.92 Å². The van der Waals surface area contributed by atoms with E-state index >= 15 is 0 Å². The number of halogens is 1. The highest BCUT2D eigenvalue weighted by Crippen LogP contribution is 2.34. The number of hydrogen-bond donors (Lipinski definition) is 1. The fourth-order valence-electron chi connectivity index (χ4n) is 2.83. The number of rotatable bonds is 2. The van der Waals surface area contributed by atoms with Gasteiger partial charge in [0.15, 0.2) is 0 Å². The number of nitrogens with zero attached hydrogens (tertiary/aromatic N) is 1. The molecule has 2 amide bonds. The van der Waals surface area contributed by atoms with E-state index in [0.29, 0.717) is 13.0 Å². The lowest BCUT2D eigenvalue weighted by molar-refractivity contribution is -0.150. The molecule has 1 heterocycles. The highest BCUT2D eigenvalue weighted by Gasteiger charge is 2.38. The van der Waals surface area contributed by atoms with Crippen molar-refractivity contribution in [1.29, 1.82) is 0 Å². The van der Waals surface area contributed by atoms with Crippen molar-refractivity contribution in [2.24, 2.45) is 11.7 Å². The van der Waals surface area contributed by atoms with Crippen LogP contribution >= 0.6 is 0 Å². The summed E-state index contributed by atoms with van der Waals surface area (Å²) >= 11 is 0. The number of hydrogen-bond acceptors (Lipinski definition) is 3. The zero-order chi connectivity index (χ0) is 15.6. The molecule has 5 nitrogen and oxygen atoms in total. The Labute approximate surface area is 122 Å². The number of carbonyl (C=O) groups is 2. The van der Waals surface area contributed by atoms with Crippen LogP contribution in [0.15, 0.2) is 24.3 Å². The van der Waals surface area contributed by atoms with Gasteiger partial charge in [0.1, 0.15) is 5.82 Å². The van der Waals surface area contributed by atoms with Crippen LogP contribution in [0.2, 0.25) is 0 Å². The number of benzene rings is 1. The van der Waals surface area contributed by atoms with Gasteiger partial charge in [0.05, 0.1) is 12.1 Å². The molecule has 2 rings (SSSR count). The van der Waals surface area contributed by atoms with Crippen molar-refractivity contribution in [1.82, 2.24) is 4.90 Å². The topological polar surface area (TPSA) is 72.6 Å². The number of amides is 2. The normalized spacial score (nSPS) is 25.7. The van der Waals surface area contributed by atoms with Gasteiger partial charge in [0.25, 0.3) is 0 Å². The van der Waals surface area contributed by atoms with E-state index in [1.54, 1.807) is 19.2 Å². The van der Waals surface area contributed by atoms with Gasteiger partial charge in [-0.15, -0.1) is 0 Å². The third-order valence-electron chi connectivity index (χ3n) is 3.98. The smallest absolute Gasteiger partial charge is 0.312 e. The number of nitrogens with two attached hydrogens (primary N) is 1. The summed E-state index contributed by atoms with van der Waals surface area (Å²) in [5.74, 6) is -1.95. The maximum atomic E-state index is 13.1. The van der Waals surface area contributed by atoms with Gasteiger partial charge in [-0.25, -0.2) is 4.39 Å². The van der Waals surface area contributed by atoms with Gasteiger partial charge >= 0.3 is 11.8 Å². The first-order valence-corrected chi connectivity index (χ1v) is 6.82. The van der Waals surface area contributed by atoms with Crippen LogP contribution < -0.4 is 5.73 Å². The van der Waals surface area contributed by atoms with Crippen LogP contribution in [-0.2, 0) is 14.3 Å².